The summed E-state index contributed by atoms with van der Waals surface area (Å²) in [5.74, 6) is 0.585. The summed E-state index contributed by atoms with van der Waals surface area (Å²) in [5.41, 5.74) is 1.43. The molecule has 1 N–H and O–H groups in total. The molecule has 4 heteroatoms. The van der Waals surface area contributed by atoms with Gasteiger partial charge in [0, 0.05) is 7.05 Å². The monoisotopic (exact) mass is 231 g/mol. The van der Waals surface area contributed by atoms with Crippen molar-refractivity contribution < 1.29 is 4.79 Å². The zero-order valence-electron chi connectivity index (χ0n) is 10.6. The average Bonchev–Trinajstić information content (AvgIpc) is 2.46. The Bertz CT molecular complexity index is 491. The van der Waals surface area contributed by atoms with Gasteiger partial charge < -0.3 is 4.90 Å². The minimum Gasteiger partial charge on any atom is -0.331 e. The summed E-state index contributed by atoms with van der Waals surface area (Å²) in [6.07, 6.45) is 0. The number of guanidine groups is 1. The van der Waals surface area contributed by atoms with Crippen LogP contribution in [0.3, 0.4) is 0 Å². The zero-order chi connectivity index (χ0) is 12.6. The lowest BCUT2D eigenvalue weighted by atomic mass is 10.1. The molecule has 0 bridgehead atoms. The van der Waals surface area contributed by atoms with E-state index in [0.717, 1.165) is 11.3 Å². The number of aliphatic imine (C=N–C) groups is 1. The molecule has 1 aliphatic heterocycles. The number of carbonyl (C=O) groups is 1. The van der Waals surface area contributed by atoms with Crippen molar-refractivity contribution >= 4 is 17.6 Å². The number of aryl methyl sites for hydroxylation is 1. The lowest BCUT2D eigenvalue weighted by Gasteiger charge is -2.24. The number of amides is 1. The Morgan fingerprint density at radius 1 is 1.29 bits per heavy atom. The van der Waals surface area contributed by atoms with Crippen molar-refractivity contribution in [2.45, 2.75) is 26.3 Å². The van der Waals surface area contributed by atoms with Crippen LogP contribution in [0.1, 0.15) is 19.4 Å². The summed E-state index contributed by atoms with van der Waals surface area (Å²) in [4.78, 5) is 18.1. The maximum atomic E-state index is 11.8. The first-order valence-corrected chi connectivity index (χ1v) is 5.62. The number of likely N-dealkylation sites (N-methyl/N-ethyl adjacent to an activating group) is 1. The van der Waals surface area contributed by atoms with Crippen molar-refractivity contribution in [3.05, 3.63) is 29.8 Å². The van der Waals surface area contributed by atoms with Crippen LogP contribution < -0.4 is 5.32 Å². The quantitative estimate of drug-likeness (QED) is 0.801. The van der Waals surface area contributed by atoms with Gasteiger partial charge in [-0.05, 0) is 32.4 Å². The molecule has 1 aliphatic rings. The predicted molar refractivity (Wildman–Crippen MR) is 68.3 cm³/mol. The topological polar surface area (TPSA) is 44.7 Å². The van der Waals surface area contributed by atoms with E-state index in [1.165, 1.54) is 0 Å². The molecule has 17 heavy (non-hydrogen) atoms. The number of rotatable bonds is 1. The highest BCUT2D eigenvalue weighted by atomic mass is 16.2. The largest absolute Gasteiger partial charge is 0.331 e. The lowest BCUT2D eigenvalue weighted by Crippen LogP contribution is -2.41. The Hall–Kier alpha value is -1.84. The number of hydrogen-bond donors (Lipinski definition) is 1. The number of carbonyl (C=O) groups excluding carboxylic acids is 1. The summed E-state index contributed by atoms with van der Waals surface area (Å²) in [5, 5.41) is 2.81. The zero-order valence-corrected chi connectivity index (χ0v) is 10.6. The Kier molecular flexibility index (Phi) is 2.65. The van der Waals surface area contributed by atoms with Crippen LogP contribution in [-0.2, 0) is 4.79 Å². The van der Waals surface area contributed by atoms with Crippen molar-refractivity contribution in [3.63, 3.8) is 0 Å². The molecule has 1 fully saturated rings. The second kappa shape index (κ2) is 3.87. The van der Waals surface area contributed by atoms with Gasteiger partial charge >= 0.3 is 0 Å². The van der Waals surface area contributed by atoms with Gasteiger partial charge in [-0.1, -0.05) is 18.2 Å². The third kappa shape index (κ3) is 1.90. The van der Waals surface area contributed by atoms with Gasteiger partial charge in [0.15, 0.2) is 0 Å². The highest BCUT2D eigenvalue weighted by Gasteiger charge is 2.41. The summed E-state index contributed by atoms with van der Waals surface area (Å²) in [6, 6.07) is 7.85. The Morgan fingerprint density at radius 3 is 2.47 bits per heavy atom. The summed E-state index contributed by atoms with van der Waals surface area (Å²) >= 11 is 0. The van der Waals surface area contributed by atoms with E-state index < -0.39 is 5.54 Å². The van der Waals surface area contributed by atoms with E-state index >= 15 is 0 Å². The molecular weight excluding hydrogens is 214 g/mol. The molecule has 1 amide bonds. The van der Waals surface area contributed by atoms with E-state index in [2.05, 4.69) is 10.3 Å². The first-order chi connectivity index (χ1) is 7.93. The third-order valence-corrected chi connectivity index (χ3v) is 3.28. The highest BCUT2D eigenvalue weighted by molar-refractivity contribution is 6.09. The molecule has 0 aromatic heterocycles. The third-order valence-electron chi connectivity index (χ3n) is 3.28. The molecule has 0 saturated carbocycles. The van der Waals surface area contributed by atoms with Gasteiger partial charge in [-0.3, -0.25) is 10.1 Å². The van der Waals surface area contributed by atoms with Gasteiger partial charge in [0.1, 0.15) is 5.54 Å². The molecule has 0 spiro atoms. The first kappa shape index (κ1) is 11.6. The summed E-state index contributed by atoms with van der Waals surface area (Å²) in [7, 11) is 1.87. The van der Waals surface area contributed by atoms with Crippen molar-refractivity contribution in [2.24, 2.45) is 4.99 Å². The summed E-state index contributed by atoms with van der Waals surface area (Å²) in [6.45, 7) is 5.76. The van der Waals surface area contributed by atoms with Gasteiger partial charge in [-0.2, -0.15) is 0 Å². The van der Waals surface area contributed by atoms with Gasteiger partial charge in [0.25, 0.3) is 5.91 Å². The summed E-state index contributed by atoms with van der Waals surface area (Å²) < 4.78 is 0. The Balaban J connectivity index is 2.38. The fraction of sp³-hybridized carbons (Fsp3) is 0.385. The van der Waals surface area contributed by atoms with Crippen LogP contribution in [-0.4, -0.2) is 29.4 Å². The number of hydrogen-bond acceptors (Lipinski definition) is 2. The van der Waals surface area contributed by atoms with Crippen LogP contribution in [0.4, 0.5) is 5.69 Å². The second-order valence-corrected chi connectivity index (χ2v) is 4.79. The van der Waals surface area contributed by atoms with Gasteiger partial charge in [0.2, 0.25) is 5.96 Å². The number of benzene rings is 1. The lowest BCUT2D eigenvalue weighted by molar-refractivity contribution is -0.124. The molecular formula is C13H17N3O. The molecule has 1 aromatic rings. The second-order valence-electron chi connectivity index (χ2n) is 4.79. The molecule has 2 rings (SSSR count). The Morgan fingerprint density at radius 2 is 1.94 bits per heavy atom. The van der Waals surface area contributed by atoms with Gasteiger partial charge in [0.05, 0.1) is 5.69 Å². The van der Waals surface area contributed by atoms with E-state index in [-0.39, 0.29) is 5.91 Å². The fourth-order valence-corrected chi connectivity index (χ4v) is 1.66. The minimum atomic E-state index is -0.540. The van der Waals surface area contributed by atoms with E-state index in [9.17, 15) is 4.79 Å². The average molecular weight is 231 g/mol. The maximum absolute atomic E-state index is 11.8. The van der Waals surface area contributed by atoms with Crippen LogP contribution in [0.15, 0.2) is 29.3 Å². The van der Waals surface area contributed by atoms with Crippen molar-refractivity contribution in [1.29, 1.82) is 0 Å². The number of para-hydroxylation sites is 1. The van der Waals surface area contributed by atoms with Crippen LogP contribution in [0, 0.1) is 6.92 Å². The Labute approximate surface area is 101 Å². The van der Waals surface area contributed by atoms with Gasteiger partial charge in [-0.25, -0.2) is 4.99 Å². The normalized spacial score (nSPS) is 20.8. The standard InChI is InChI=1S/C13H17N3O/c1-9-7-5-6-8-10(9)14-12-15-11(17)13(2,3)16(12)4/h5-8H,1-4H3,(H,14,15,17). The molecule has 0 unspecified atom stereocenters. The number of nitrogens with zero attached hydrogens (tertiary/aromatic N) is 2. The van der Waals surface area contributed by atoms with Crippen LogP contribution in [0.5, 0.6) is 0 Å². The van der Waals surface area contributed by atoms with Crippen molar-refractivity contribution in [3.8, 4) is 0 Å². The molecule has 1 aromatic carbocycles. The highest BCUT2D eigenvalue weighted by Crippen LogP contribution is 2.23. The van der Waals surface area contributed by atoms with Crippen molar-refractivity contribution in [2.75, 3.05) is 7.05 Å². The number of nitrogens with one attached hydrogen (secondary N) is 1. The van der Waals surface area contributed by atoms with E-state index in [4.69, 9.17) is 0 Å². The molecule has 1 heterocycles. The fourth-order valence-electron chi connectivity index (χ4n) is 1.66. The SMILES string of the molecule is Cc1ccccc1N=C1NC(=O)C(C)(C)N1C. The van der Waals surface area contributed by atoms with Crippen LogP contribution in [0.25, 0.3) is 0 Å². The van der Waals surface area contributed by atoms with Crippen LogP contribution >= 0.6 is 0 Å². The van der Waals surface area contributed by atoms with Gasteiger partial charge in [-0.15, -0.1) is 0 Å². The molecule has 0 aliphatic carbocycles. The molecule has 0 atom stereocenters. The van der Waals surface area contributed by atoms with Crippen LogP contribution in [0.2, 0.25) is 0 Å². The first-order valence-electron chi connectivity index (χ1n) is 5.62. The molecule has 0 radical (unpaired) electrons. The van der Waals surface area contributed by atoms with E-state index in [0.29, 0.717) is 5.96 Å². The van der Waals surface area contributed by atoms with E-state index in [1.807, 2.05) is 57.0 Å². The van der Waals surface area contributed by atoms with Crippen molar-refractivity contribution in [1.82, 2.24) is 10.2 Å². The minimum absolute atomic E-state index is 0.0210. The maximum Gasteiger partial charge on any atom is 0.252 e. The molecule has 1 saturated heterocycles. The smallest absolute Gasteiger partial charge is 0.252 e. The predicted octanol–water partition coefficient (Wildman–Crippen LogP) is 1.82. The molecule has 90 valence electrons. The molecule has 4 nitrogen and oxygen atoms in total. The van der Waals surface area contributed by atoms with E-state index in [1.54, 1.807) is 0 Å².